The third-order valence-electron chi connectivity index (χ3n) is 4.16. The van der Waals surface area contributed by atoms with Gasteiger partial charge in [-0.15, -0.1) is 0 Å². The van der Waals surface area contributed by atoms with Crippen LogP contribution in [0.2, 0.25) is 0 Å². The summed E-state index contributed by atoms with van der Waals surface area (Å²) in [6.07, 6.45) is 0.678. The molecule has 2 heterocycles. The predicted molar refractivity (Wildman–Crippen MR) is 87.8 cm³/mol. The van der Waals surface area contributed by atoms with Crippen LogP contribution >= 0.6 is 0 Å². The summed E-state index contributed by atoms with van der Waals surface area (Å²) in [5, 5.41) is 0. The van der Waals surface area contributed by atoms with Crippen molar-refractivity contribution in [2.24, 2.45) is 0 Å². The van der Waals surface area contributed by atoms with Crippen LogP contribution in [0, 0.1) is 5.82 Å². The van der Waals surface area contributed by atoms with Gasteiger partial charge in [0.05, 0.1) is 5.69 Å². The molecule has 1 N–H and O–H groups in total. The van der Waals surface area contributed by atoms with Crippen LogP contribution in [0.5, 0.6) is 0 Å². The zero-order valence-corrected chi connectivity index (χ0v) is 13.8. The molecule has 0 saturated carbocycles. The number of aromatic nitrogens is 2. The van der Waals surface area contributed by atoms with Gasteiger partial charge in [-0.05, 0) is 24.1 Å². The fraction of sp³-hybridized carbons (Fsp3) is 0.444. The van der Waals surface area contributed by atoms with Crippen molar-refractivity contribution in [1.82, 2.24) is 14.9 Å². The maximum absolute atomic E-state index is 13.3. The van der Waals surface area contributed by atoms with Gasteiger partial charge in [0.25, 0.3) is 5.56 Å². The van der Waals surface area contributed by atoms with E-state index in [1.165, 1.54) is 6.07 Å². The summed E-state index contributed by atoms with van der Waals surface area (Å²) in [6, 6.07) is 6.65. The average molecular weight is 315 g/mol. The molecule has 5 heteroatoms. The van der Waals surface area contributed by atoms with E-state index in [9.17, 15) is 9.18 Å². The molecule has 2 aromatic rings. The third kappa shape index (κ3) is 3.50. The molecule has 0 amide bonds. The van der Waals surface area contributed by atoms with Crippen molar-refractivity contribution >= 4 is 0 Å². The molecular formula is C18H22FN3O. The van der Waals surface area contributed by atoms with Crippen molar-refractivity contribution in [3.63, 3.8) is 0 Å². The molecule has 0 spiro atoms. The number of hydrogen-bond donors (Lipinski definition) is 1. The van der Waals surface area contributed by atoms with Crippen LogP contribution in [0.15, 0.2) is 29.1 Å². The van der Waals surface area contributed by atoms with E-state index in [2.05, 4.69) is 14.9 Å². The van der Waals surface area contributed by atoms with Gasteiger partial charge in [-0.1, -0.05) is 32.9 Å². The van der Waals surface area contributed by atoms with E-state index in [1.807, 2.05) is 26.8 Å². The summed E-state index contributed by atoms with van der Waals surface area (Å²) in [5.74, 6) is 0.498. The fourth-order valence-electron chi connectivity index (χ4n) is 2.88. The van der Waals surface area contributed by atoms with Gasteiger partial charge in [0.1, 0.15) is 11.6 Å². The first kappa shape index (κ1) is 15.9. The summed E-state index contributed by atoms with van der Waals surface area (Å²) in [6.45, 7) is 8.17. The van der Waals surface area contributed by atoms with E-state index in [-0.39, 0.29) is 16.8 Å². The summed E-state index contributed by atoms with van der Waals surface area (Å²) >= 11 is 0. The van der Waals surface area contributed by atoms with Crippen LogP contribution in [-0.4, -0.2) is 21.4 Å². The normalized spacial score (nSPS) is 15.5. The highest BCUT2D eigenvalue weighted by Crippen LogP contribution is 2.21. The van der Waals surface area contributed by atoms with Crippen LogP contribution in [0.1, 0.15) is 43.4 Å². The molecule has 0 bridgehead atoms. The first-order valence-corrected chi connectivity index (χ1v) is 7.92. The topological polar surface area (TPSA) is 49.0 Å². The molecule has 1 aliphatic rings. The summed E-state index contributed by atoms with van der Waals surface area (Å²) in [4.78, 5) is 22.1. The molecule has 1 aliphatic heterocycles. The Morgan fingerprint density at radius 3 is 2.83 bits per heavy atom. The monoisotopic (exact) mass is 315 g/mol. The minimum absolute atomic E-state index is 0.0228. The van der Waals surface area contributed by atoms with Gasteiger partial charge < -0.3 is 4.98 Å². The standard InChI is InChI=1S/C18H22FN3O/c1-18(2,3)17-20-15-11-22(8-7-14(15)16(23)21-17)10-12-5-4-6-13(19)9-12/h4-6,9H,7-8,10-11H2,1-3H3,(H,20,21,23). The fourth-order valence-corrected chi connectivity index (χ4v) is 2.88. The molecular weight excluding hydrogens is 293 g/mol. The predicted octanol–water partition coefficient (Wildman–Crippen LogP) is 2.76. The number of hydrogen-bond acceptors (Lipinski definition) is 3. The van der Waals surface area contributed by atoms with Crippen LogP contribution < -0.4 is 5.56 Å². The van der Waals surface area contributed by atoms with Crippen molar-refractivity contribution in [1.29, 1.82) is 0 Å². The Bertz CT molecular complexity index is 777. The number of aromatic amines is 1. The lowest BCUT2D eigenvalue weighted by Gasteiger charge is -2.29. The second-order valence-corrected chi connectivity index (χ2v) is 7.18. The van der Waals surface area contributed by atoms with E-state index in [4.69, 9.17) is 0 Å². The lowest BCUT2D eigenvalue weighted by molar-refractivity contribution is 0.239. The second kappa shape index (κ2) is 5.89. The van der Waals surface area contributed by atoms with Gasteiger partial charge in [-0.2, -0.15) is 0 Å². The number of halogens is 1. The lowest BCUT2D eigenvalue weighted by atomic mass is 9.95. The van der Waals surface area contributed by atoms with Crippen LogP contribution in [0.25, 0.3) is 0 Å². The molecule has 0 saturated heterocycles. The van der Waals surface area contributed by atoms with E-state index >= 15 is 0 Å². The van der Waals surface area contributed by atoms with Crippen molar-refractivity contribution in [3.05, 3.63) is 63.1 Å². The molecule has 0 radical (unpaired) electrons. The molecule has 1 aromatic carbocycles. The van der Waals surface area contributed by atoms with Crippen molar-refractivity contribution in [3.8, 4) is 0 Å². The molecule has 23 heavy (non-hydrogen) atoms. The Morgan fingerprint density at radius 1 is 1.35 bits per heavy atom. The lowest BCUT2D eigenvalue weighted by Crippen LogP contribution is -2.36. The number of nitrogens with one attached hydrogen (secondary N) is 1. The molecule has 0 unspecified atom stereocenters. The van der Waals surface area contributed by atoms with Crippen LogP contribution in [0.3, 0.4) is 0 Å². The maximum Gasteiger partial charge on any atom is 0.254 e. The largest absolute Gasteiger partial charge is 0.310 e. The minimum atomic E-state index is -0.218. The Labute approximate surface area is 135 Å². The molecule has 3 rings (SSSR count). The molecule has 4 nitrogen and oxygen atoms in total. The zero-order chi connectivity index (χ0) is 16.6. The Balaban J connectivity index is 1.85. The molecule has 0 aliphatic carbocycles. The molecule has 122 valence electrons. The second-order valence-electron chi connectivity index (χ2n) is 7.18. The van der Waals surface area contributed by atoms with Gasteiger partial charge in [0.2, 0.25) is 0 Å². The summed E-state index contributed by atoms with van der Waals surface area (Å²) in [7, 11) is 0. The van der Waals surface area contributed by atoms with Gasteiger partial charge in [0.15, 0.2) is 0 Å². The Kier molecular flexibility index (Phi) is 4.06. The minimum Gasteiger partial charge on any atom is -0.310 e. The number of H-pyrrole nitrogens is 1. The van der Waals surface area contributed by atoms with E-state index in [1.54, 1.807) is 12.1 Å². The molecule has 0 atom stereocenters. The quantitative estimate of drug-likeness (QED) is 0.927. The first-order chi connectivity index (χ1) is 10.8. The highest BCUT2D eigenvalue weighted by molar-refractivity contribution is 5.23. The van der Waals surface area contributed by atoms with E-state index in [0.717, 1.165) is 23.4 Å². The highest BCUT2D eigenvalue weighted by atomic mass is 19.1. The number of benzene rings is 1. The van der Waals surface area contributed by atoms with Gasteiger partial charge in [0, 0.05) is 30.6 Å². The number of nitrogens with zero attached hydrogens (tertiary/aromatic N) is 2. The zero-order valence-electron chi connectivity index (χ0n) is 13.8. The van der Waals surface area contributed by atoms with Gasteiger partial charge >= 0.3 is 0 Å². The SMILES string of the molecule is CC(C)(C)c1nc2c(c(=O)[nH]1)CCN(Cc1cccc(F)c1)C2. The molecule has 0 fully saturated rings. The number of rotatable bonds is 2. The van der Waals surface area contributed by atoms with Crippen molar-refractivity contribution in [2.45, 2.75) is 45.7 Å². The summed E-state index contributed by atoms with van der Waals surface area (Å²) < 4.78 is 13.3. The van der Waals surface area contributed by atoms with E-state index in [0.29, 0.717) is 25.3 Å². The van der Waals surface area contributed by atoms with Gasteiger partial charge in [-0.25, -0.2) is 9.37 Å². The van der Waals surface area contributed by atoms with Crippen molar-refractivity contribution in [2.75, 3.05) is 6.54 Å². The van der Waals surface area contributed by atoms with E-state index < -0.39 is 0 Å². The Morgan fingerprint density at radius 2 is 2.13 bits per heavy atom. The molecule has 1 aromatic heterocycles. The van der Waals surface area contributed by atoms with Crippen molar-refractivity contribution < 1.29 is 4.39 Å². The van der Waals surface area contributed by atoms with Crippen LogP contribution in [-0.2, 0) is 24.9 Å². The average Bonchev–Trinajstić information content (AvgIpc) is 2.46. The first-order valence-electron chi connectivity index (χ1n) is 7.92. The summed E-state index contributed by atoms with van der Waals surface area (Å²) in [5.41, 5.74) is 2.36. The van der Waals surface area contributed by atoms with Gasteiger partial charge in [-0.3, -0.25) is 9.69 Å². The van der Waals surface area contributed by atoms with Crippen LogP contribution in [0.4, 0.5) is 4.39 Å². The maximum atomic E-state index is 13.3. The smallest absolute Gasteiger partial charge is 0.254 e. The third-order valence-corrected chi connectivity index (χ3v) is 4.16. The highest BCUT2D eigenvalue weighted by Gasteiger charge is 2.24. The number of fused-ring (bicyclic) bond motifs is 1. The Hall–Kier alpha value is -2.01.